The molecule has 0 aliphatic carbocycles. The first kappa shape index (κ1) is 14.2. The van der Waals surface area contributed by atoms with E-state index in [-0.39, 0.29) is 5.56 Å². The fourth-order valence-corrected chi connectivity index (χ4v) is 1.07. The number of hydrogen-bond acceptors (Lipinski definition) is 4. The monoisotopic (exact) mass is 283 g/mol. The van der Waals surface area contributed by atoms with Crippen molar-refractivity contribution in [3.63, 3.8) is 0 Å². The summed E-state index contributed by atoms with van der Waals surface area (Å²) in [5.74, 6) is -3.08. The summed E-state index contributed by atoms with van der Waals surface area (Å²) < 4.78 is 41.4. The summed E-state index contributed by atoms with van der Waals surface area (Å²) in [6, 6.07) is 2.59. The molecule has 1 aromatic carbocycles. The molecule has 9 heteroatoms. The third-order valence-electron chi connectivity index (χ3n) is 1.81. The highest BCUT2D eigenvalue weighted by atomic mass is 35.5. The summed E-state index contributed by atoms with van der Waals surface area (Å²) in [5, 5.41) is 6.21. The van der Waals surface area contributed by atoms with E-state index in [2.05, 4.69) is 16.3 Å². The minimum absolute atomic E-state index is 0.0163. The van der Waals surface area contributed by atoms with Crippen LogP contribution in [-0.2, 0) is 16.1 Å². The molecule has 5 nitrogen and oxygen atoms in total. The molecule has 0 unspecified atom stereocenters. The Morgan fingerprint density at radius 2 is 2.11 bits per heavy atom. The molecular weight excluding hydrogens is 279 g/mol. The zero-order chi connectivity index (χ0) is 13.9. The van der Waals surface area contributed by atoms with Crippen molar-refractivity contribution in [2.24, 2.45) is 0 Å². The van der Waals surface area contributed by atoms with Crippen LogP contribution in [0.15, 0.2) is 18.2 Å². The highest BCUT2D eigenvalue weighted by Gasteiger charge is 2.37. The van der Waals surface area contributed by atoms with Crippen molar-refractivity contribution < 1.29 is 27.6 Å². The van der Waals surface area contributed by atoms with Crippen molar-refractivity contribution in [2.75, 3.05) is 0 Å². The SMILES string of the molecule is O=C(OCc1ccc(F)c([N+](=O)[O-])c1)C(F)(F)Cl. The van der Waals surface area contributed by atoms with E-state index in [1.165, 1.54) is 0 Å². The van der Waals surface area contributed by atoms with Crippen molar-refractivity contribution in [1.82, 2.24) is 0 Å². The van der Waals surface area contributed by atoms with E-state index in [1.54, 1.807) is 0 Å². The fraction of sp³-hybridized carbons (Fsp3) is 0.222. The quantitative estimate of drug-likeness (QED) is 0.369. The summed E-state index contributed by atoms with van der Waals surface area (Å²) in [4.78, 5) is 20.0. The van der Waals surface area contributed by atoms with E-state index in [4.69, 9.17) is 0 Å². The number of esters is 1. The number of carbonyl (C=O) groups is 1. The van der Waals surface area contributed by atoms with Crippen molar-refractivity contribution in [1.29, 1.82) is 0 Å². The molecular formula is C9H5ClF3NO4. The number of alkyl halides is 3. The molecule has 0 heterocycles. The van der Waals surface area contributed by atoms with E-state index < -0.39 is 34.4 Å². The largest absolute Gasteiger partial charge is 0.455 e. The molecule has 1 rings (SSSR count). The van der Waals surface area contributed by atoms with Crippen LogP contribution in [0.2, 0.25) is 0 Å². The van der Waals surface area contributed by atoms with Gasteiger partial charge in [-0.15, -0.1) is 0 Å². The summed E-state index contributed by atoms with van der Waals surface area (Å²) in [5.41, 5.74) is -0.862. The molecule has 0 N–H and O–H groups in total. The lowest BCUT2D eigenvalue weighted by atomic mass is 10.2. The van der Waals surface area contributed by atoms with Gasteiger partial charge in [0.05, 0.1) is 4.92 Å². The Morgan fingerprint density at radius 1 is 1.50 bits per heavy atom. The van der Waals surface area contributed by atoms with Gasteiger partial charge in [-0.25, -0.2) is 4.79 Å². The molecule has 0 aromatic heterocycles. The second kappa shape index (κ2) is 5.21. The molecule has 0 aliphatic heterocycles. The van der Waals surface area contributed by atoms with E-state index in [0.29, 0.717) is 0 Å². The number of nitrogens with zero attached hydrogens (tertiary/aromatic N) is 1. The van der Waals surface area contributed by atoms with E-state index in [0.717, 1.165) is 18.2 Å². The zero-order valence-electron chi connectivity index (χ0n) is 8.53. The Bertz CT molecular complexity index is 489. The zero-order valence-corrected chi connectivity index (χ0v) is 9.29. The average Bonchev–Trinajstić information content (AvgIpc) is 2.25. The van der Waals surface area contributed by atoms with Crippen LogP contribution in [0.25, 0.3) is 0 Å². The van der Waals surface area contributed by atoms with Gasteiger partial charge in [0.1, 0.15) is 6.61 Å². The van der Waals surface area contributed by atoms with Crippen LogP contribution in [0, 0.1) is 15.9 Å². The van der Waals surface area contributed by atoms with Gasteiger partial charge in [-0.1, -0.05) is 6.07 Å². The molecule has 0 saturated heterocycles. The number of halogens is 4. The Morgan fingerprint density at radius 3 is 2.61 bits per heavy atom. The number of ether oxygens (including phenoxy) is 1. The number of carbonyl (C=O) groups excluding carboxylic acids is 1. The van der Waals surface area contributed by atoms with Crippen LogP contribution in [0.3, 0.4) is 0 Å². The Balaban J connectivity index is 2.78. The van der Waals surface area contributed by atoms with E-state index in [9.17, 15) is 28.1 Å². The normalized spacial score (nSPS) is 11.1. The summed E-state index contributed by atoms with van der Waals surface area (Å²) >= 11 is 4.38. The molecule has 0 radical (unpaired) electrons. The molecule has 0 bridgehead atoms. The Kier molecular flexibility index (Phi) is 4.12. The van der Waals surface area contributed by atoms with Crippen molar-refractivity contribution in [3.05, 3.63) is 39.7 Å². The first-order valence-corrected chi connectivity index (χ1v) is 4.76. The smallest absolute Gasteiger partial charge is 0.417 e. The van der Waals surface area contributed by atoms with Crippen LogP contribution >= 0.6 is 11.6 Å². The third-order valence-corrected chi connectivity index (χ3v) is 1.96. The second-order valence-corrected chi connectivity index (χ2v) is 3.59. The first-order chi connectivity index (χ1) is 8.21. The highest BCUT2D eigenvalue weighted by Crippen LogP contribution is 2.22. The number of rotatable bonds is 4. The van der Waals surface area contributed by atoms with Gasteiger partial charge in [0.2, 0.25) is 5.82 Å². The Labute approximate surface area is 103 Å². The molecule has 1 aromatic rings. The van der Waals surface area contributed by atoms with Gasteiger partial charge in [-0.05, 0) is 23.2 Å². The fourth-order valence-electron chi connectivity index (χ4n) is 1.02. The van der Waals surface area contributed by atoms with Gasteiger partial charge in [0.25, 0.3) is 0 Å². The molecule has 0 aliphatic rings. The molecule has 18 heavy (non-hydrogen) atoms. The third kappa shape index (κ3) is 3.59. The topological polar surface area (TPSA) is 69.4 Å². The molecule has 98 valence electrons. The van der Waals surface area contributed by atoms with Crippen molar-refractivity contribution in [3.8, 4) is 0 Å². The number of benzene rings is 1. The van der Waals surface area contributed by atoms with Gasteiger partial charge >= 0.3 is 17.0 Å². The molecule has 0 atom stereocenters. The minimum atomic E-state index is -4.17. The van der Waals surface area contributed by atoms with Crippen LogP contribution in [0.1, 0.15) is 5.56 Å². The van der Waals surface area contributed by atoms with Crippen LogP contribution in [0.4, 0.5) is 18.9 Å². The van der Waals surface area contributed by atoms with Gasteiger partial charge < -0.3 is 4.74 Å². The predicted molar refractivity (Wildman–Crippen MR) is 53.7 cm³/mol. The second-order valence-electron chi connectivity index (χ2n) is 3.12. The maximum Gasteiger partial charge on any atom is 0.417 e. The molecule has 0 amide bonds. The maximum absolute atomic E-state index is 12.9. The van der Waals surface area contributed by atoms with Crippen molar-refractivity contribution in [2.45, 2.75) is 12.0 Å². The summed E-state index contributed by atoms with van der Waals surface area (Å²) in [7, 11) is 0. The number of nitro benzene ring substituents is 1. The summed E-state index contributed by atoms with van der Waals surface area (Å²) in [6.07, 6.45) is 0. The molecule has 0 spiro atoms. The van der Waals surface area contributed by atoms with Crippen molar-refractivity contribution >= 4 is 23.3 Å². The number of nitro groups is 1. The highest BCUT2D eigenvalue weighted by molar-refractivity contribution is 6.31. The first-order valence-electron chi connectivity index (χ1n) is 4.38. The van der Waals surface area contributed by atoms with Crippen LogP contribution in [-0.4, -0.2) is 16.3 Å². The van der Waals surface area contributed by atoms with Crippen LogP contribution in [0.5, 0.6) is 0 Å². The van der Waals surface area contributed by atoms with Crippen LogP contribution < -0.4 is 0 Å². The lowest BCUT2D eigenvalue weighted by Crippen LogP contribution is -2.23. The van der Waals surface area contributed by atoms with E-state index in [1.807, 2.05) is 0 Å². The lowest BCUT2D eigenvalue weighted by molar-refractivity contribution is -0.387. The lowest BCUT2D eigenvalue weighted by Gasteiger charge is -2.08. The summed E-state index contributed by atoms with van der Waals surface area (Å²) in [6.45, 7) is -0.678. The average molecular weight is 284 g/mol. The standard InChI is InChI=1S/C9H5ClF3NO4/c10-9(12,13)8(15)18-4-5-1-2-6(11)7(3-5)14(16)17/h1-3H,4H2. The maximum atomic E-state index is 12.9. The Hall–Kier alpha value is -1.83. The van der Waals surface area contributed by atoms with E-state index >= 15 is 0 Å². The molecule has 0 saturated carbocycles. The molecule has 0 fully saturated rings. The van der Waals surface area contributed by atoms with Gasteiger partial charge in [0.15, 0.2) is 0 Å². The van der Waals surface area contributed by atoms with Gasteiger partial charge in [0, 0.05) is 6.07 Å². The van der Waals surface area contributed by atoms with Gasteiger partial charge in [-0.3, -0.25) is 10.1 Å². The predicted octanol–water partition coefficient (Wildman–Crippen LogP) is 2.61. The van der Waals surface area contributed by atoms with Gasteiger partial charge in [-0.2, -0.15) is 13.2 Å². The number of hydrogen-bond donors (Lipinski definition) is 0. The minimum Gasteiger partial charge on any atom is -0.455 e.